The number of fused-ring (bicyclic) bond motifs is 1. The van der Waals surface area contributed by atoms with Gasteiger partial charge < -0.3 is 14.4 Å². The molecule has 0 bridgehead atoms. The Balaban J connectivity index is 1.50. The molecular weight excluding hydrogens is 304 g/mol. The Bertz CT molecular complexity index is 748. The summed E-state index contributed by atoms with van der Waals surface area (Å²) in [6.07, 6.45) is 4.59. The van der Waals surface area contributed by atoms with Crippen LogP contribution in [-0.4, -0.2) is 54.3 Å². The van der Waals surface area contributed by atoms with Gasteiger partial charge in [-0.3, -0.25) is 9.78 Å². The number of pyridine rings is 1. The van der Waals surface area contributed by atoms with E-state index in [1.807, 2.05) is 35.2 Å². The van der Waals surface area contributed by atoms with E-state index in [1.54, 1.807) is 13.3 Å². The van der Waals surface area contributed by atoms with Crippen molar-refractivity contribution in [3.8, 4) is 0 Å². The summed E-state index contributed by atoms with van der Waals surface area (Å²) in [6.45, 7) is 2.12. The van der Waals surface area contributed by atoms with Crippen molar-refractivity contribution in [2.45, 2.75) is 31.0 Å². The van der Waals surface area contributed by atoms with Crippen LogP contribution < -0.4 is 0 Å². The average molecular weight is 326 g/mol. The van der Waals surface area contributed by atoms with Crippen molar-refractivity contribution < 1.29 is 14.3 Å². The molecule has 2 fully saturated rings. The lowest BCUT2D eigenvalue weighted by molar-refractivity contribution is -0.0401. The number of rotatable bonds is 2. The van der Waals surface area contributed by atoms with Gasteiger partial charge in [-0.25, -0.2) is 0 Å². The Morgan fingerprint density at radius 3 is 2.83 bits per heavy atom. The van der Waals surface area contributed by atoms with Gasteiger partial charge in [-0.15, -0.1) is 0 Å². The molecule has 1 spiro atoms. The summed E-state index contributed by atoms with van der Waals surface area (Å²) in [7, 11) is 1.74. The number of likely N-dealkylation sites (tertiary alicyclic amines) is 1. The van der Waals surface area contributed by atoms with Crippen LogP contribution in [0.4, 0.5) is 0 Å². The number of hydrogen-bond donors (Lipinski definition) is 0. The molecule has 2 aliphatic heterocycles. The molecule has 2 saturated heterocycles. The summed E-state index contributed by atoms with van der Waals surface area (Å²) < 4.78 is 11.4. The summed E-state index contributed by atoms with van der Waals surface area (Å²) in [4.78, 5) is 19.3. The minimum Gasteiger partial charge on any atom is -0.379 e. The van der Waals surface area contributed by atoms with E-state index >= 15 is 0 Å². The quantitative estimate of drug-likeness (QED) is 0.851. The smallest absolute Gasteiger partial charge is 0.254 e. The number of methoxy groups -OCH3 is 1. The zero-order chi connectivity index (χ0) is 16.6. The van der Waals surface area contributed by atoms with E-state index in [1.165, 1.54) is 0 Å². The Morgan fingerprint density at radius 1 is 1.29 bits per heavy atom. The van der Waals surface area contributed by atoms with E-state index in [0.29, 0.717) is 6.61 Å². The largest absolute Gasteiger partial charge is 0.379 e. The molecule has 1 atom stereocenters. The van der Waals surface area contributed by atoms with Gasteiger partial charge in [0, 0.05) is 38.2 Å². The van der Waals surface area contributed by atoms with Gasteiger partial charge in [0.2, 0.25) is 0 Å². The number of amides is 1. The third kappa shape index (κ3) is 2.68. The number of hydrogen-bond acceptors (Lipinski definition) is 4. The summed E-state index contributed by atoms with van der Waals surface area (Å²) in [5.74, 6) is 0.0877. The highest BCUT2D eigenvalue weighted by Gasteiger charge is 2.43. The van der Waals surface area contributed by atoms with E-state index in [4.69, 9.17) is 9.47 Å². The van der Waals surface area contributed by atoms with Crippen LogP contribution in [0, 0.1) is 0 Å². The first-order valence-electron chi connectivity index (χ1n) is 8.51. The van der Waals surface area contributed by atoms with Crippen molar-refractivity contribution in [3.05, 3.63) is 42.1 Å². The second-order valence-electron chi connectivity index (χ2n) is 6.72. The molecule has 2 aliphatic rings. The van der Waals surface area contributed by atoms with Crippen LogP contribution in [0.15, 0.2) is 36.5 Å². The zero-order valence-electron chi connectivity index (χ0n) is 13.9. The molecule has 5 heteroatoms. The second-order valence-corrected chi connectivity index (χ2v) is 6.72. The molecule has 24 heavy (non-hydrogen) atoms. The number of carbonyl (C=O) groups excluding carboxylic acids is 1. The maximum absolute atomic E-state index is 13.0. The first-order valence-corrected chi connectivity index (χ1v) is 8.51. The highest BCUT2D eigenvalue weighted by molar-refractivity contribution is 6.05. The monoisotopic (exact) mass is 326 g/mol. The summed E-state index contributed by atoms with van der Waals surface area (Å²) >= 11 is 0. The first-order chi connectivity index (χ1) is 11.7. The molecule has 0 N–H and O–H groups in total. The Hall–Kier alpha value is -1.98. The van der Waals surface area contributed by atoms with Crippen LogP contribution >= 0.6 is 0 Å². The number of ether oxygens (including phenoxy) is 2. The Labute approximate surface area is 141 Å². The van der Waals surface area contributed by atoms with E-state index in [0.717, 1.165) is 48.8 Å². The third-order valence-electron chi connectivity index (χ3n) is 5.35. The second kappa shape index (κ2) is 6.15. The SMILES string of the molecule is CO[C@@H]1COC2(CCN(C(=O)c3ccnc4ccccc34)CC2)C1. The Kier molecular flexibility index (Phi) is 3.98. The summed E-state index contributed by atoms with van der Waals surface area (Å²) in [5, 5.41) is 0.918. The van der Waals surface area contributed by atoms with Crippen molar-refractivity contribution >= 4 is 16.8 Å². The standard InChI is InChI=1S/C19H22N2O3/c1-23-14-12-19(24-13-14)7-10-21(11-8-19)18(22)16-6-9-20-17-5-3-2-4-15(16)17/h2-6,9,14H,7-8,10-13H2,1H3/t14-/m0/s1. The molecular formula is C19H22N2O3. The first kappa shape index (κ1) is 15.5. The molecule has 1 aromatic carbocycles. The molecule has 0 radical (unpaired) electrons. The molecule has 3 heterocycles. The topological polar surface area (TPSA) is 51.7 Å². The highest BCUT2D eigenvalue weighted by atomic mass is 16.6. The fourth-order valence-corrected chi connectivity index (χ4v) is 3.87. The molecule has 0 aliphatic carbocycles. The van der Waals surface area contributed by atoms with E-state index < -0.39 is 0 Å². The minimum absolute atomic E-state index is 0.0877. The number of benzene rings is 1. The van der Waals surface area contributed by atoms with Crippen LogP contribution in [0.3, 0.4) is 0 Å². The maximum atomic E-state index is 13.0. The van der Waals surface area contributed by atoms with Crippen LogP contribution in [-0.2, 0) is 9.47 Å². The van der Waals surface area contributed by atoms with Gasteiger partial charge in [0.05, 0.1) is 29.4 Å². The van der Waals surface area contributed by atoms with Crippen LogP contribution in [0.25, 0.3) is 10.9 Å². The molecule has 1 aromatic heterocycles. The summed E-state index contributed by atoms with van der Waals surface area (Å²) in [5.41, 5.74) is 1.50. The van der Waals surface area contributed by atoms with Crippen molar-refractivity contribution in [2.24, 2.45) is 0 Å². The molecule has 2 aromatic rings. The van der Waals surface area contributed by atoms with Crippen LogP contribution in [0.1, 0.15) is 29.6 Å². The number of para-hydroxylation sites is 1. The normalized spacial score (nSPS) is 23.0. The molecule has 5 nitrogen and oxygen atoms in total. The van der Waals surface area contributed by atoms with Crippen molar-refractivity contribution in [3.63, 3.8) is 0 Å². The number of piperidine rings is 1. The average Bonchev–Trinajstić information content (AvgIpc) is 3.04. The van der Waals surface area contributed by atoms with E-state index in [2.05, 4.69) is 4.98 Å². The van der Waals surface area contributed by atoms with Gasteiger partial charge in [-0.1, -0.05) is 18.2 Å². The maximum Gasteiger partial charge on any atom is 0.254 e. The van der Waals surface area contributed by atoms with Gasteiger partial charge in [-0.05, 0) is 25.0 Å². The lowest BCUT2D eigenvalue weighted by atomic mass is 9.87. The fraction of sp³-hybridized carbons (Fsp3) is 0.474. The lowest BCUT2D eigenvalue weighted by Gasteiger charge is -2.38. The van der Waals surface area contributed by atoms with Gasteiger partial charge in [0.1, 0.15) is 0 Å². The number of nitrogens with zero attached hydrogens (tertiary/aromatic N) is 2. The van der Waals surface area contributed by atoms with Gasteiger partial charge in [0.25, 0.3) is 5.91 Å². The summed E-state index contributed by atoms with van der Waals surface area (Å²) in [6, 6.07) is 9.61. The van der Waals surface area contributed by atoms with E-state index in [-0.39, 0.29) is 17.6 Å². The molecule has 0 saturated carbocycles. The van der Waals surface area contributed by atoms with Crippen molar-refractivity contribution in [1.82, 2.24) is 9.88 Å². The van der Waals surface area contributed by atoms with Crippen molar-refractivity contribution in [2.75, 3.05) is 26.8 Å². The molecule has 4 rings (SSSR count). The zero-order valence-corrected chi connectivity index (χ0v) is 13.9. The van der Waals surface area contributed by atoms with Gasteiger partial charge in [0.15, 0.2) is 0 Å². The van der Waals surface area contributed by atoms with Gasteiger partial charge >= 0.3 is 0 Å². The third-order valence-corrected chi connectivity index (χ3v) is 5.35. The van der Waals surface area contributed by atoms with Crippen LogP contribution in [0.2, 0.25) is 0 Å². The number of carbonyl (C=O) groups is 1. The lowest BCUT2D eigenvalue weighted by Crippen LogP contribution is -2.46. The van der Waals surface area contributed by atoms with Crippen LogP contribution in [0.5, 0.6) is 0 Å². The minimum atomic E-state index is -0.0994. The van der Waals surface area contributed by atoms with Gasteiger partial charge in [-0.2, -0.15) is 0 Å². The molecule has 126 valence electrons. The molecule has 0 unspecified atom stereocenters. The predicted molar refractivity (Wildman–Crippen MR) is 91.0 cm³/mol. The number of aromatic nitrogens is 1. The predicted octanol–water partition coefficient (Wildman–Crippen LogP) is 2.64. The van der Waals surface area contributed by atoms with E-state index in [9.17, 15) is 4.79 Å². The fourth-order valence-electron chi connectivity index (χ4n) is 3.87. The Morgan fingerprint density at radius 2 is 2.08 bits per heavy atom. The van der Waals surface area contributed by atoms with Crippen molar-refractivity contribution in [1.29, 1.82) is 0 Å². The molecule has 1 amide bonds. The highest BCUT2D eigenvalue weighted by Crippen LogP contribution is 2.37.